The summed E-state index contributed by atoms with van der Waals surface area (Å²) < 4.78 is 2.05. The molecule has 2 aromatic heterocycles. The van der Waals surface area contributed by atoms with Crippen molar-refractivity contribution in [3.63, 3.8) is 0 Å². The molecular weight excluding hydrogens is 258 g/mol. The molecule has 0 atom stereocenters. The van der Waals surface area contributed by atoms with Crippen LogP contribution < -0.4 is 0 Å². The highest BCUT2D eigenvalue weighted by Crippen LogP contribution is 2.26. The molecule has 0 bridgehead atoms. The first-order valence-corrected chi connectivity index (χ1v) is 6.85. The summed E-state index contributed by atoms with van der Waals surface area (Å²) in [6.45, 7) is 0. The molecule has 0 N–H and O–H groups in total. The van der Waals surface area contributed by atoms with Gasteiger partial charge in [-0.3, -0.25) is 9.38 Å². The molecule has 0 fully saturated rings. The molecule has 4 rings (SSSR count). The summed E-state index contributed by atoms with van der Waals surface area (Å²) in [6.07, 6.45) is 7.37. The summed E-state index contributed by atoms with van der Waals surface area (Å²) in [5.74, 6) is 0. The Hall–Kier alpha value is -2.94. The molecule has 0 radical (unpaired) electrons. The third-order valence-corrected chi connectivity index (χ3v) is 3.58. The SMILES string of the molecule is c1ccc(-c2cccc(-c3cnc4cnccn34)c2)cc1. The fraction of sp³-hybridized carbons (Fsp3) is 0. The number of nitrogens with zero attached hydrogens (tertiary/aromatic N) is 3. The maximum Gasteiger partial charge on any atom is 0.155 e. The first-order valence-electron chi connectivity index (χ1n) is 6.85. The van der Waals surface area contributed by atoms with E-state index in [1.54, 1.807) is 12.4 Å². The molecule has 0 aliphatic rings. The summed E-state index contributed by atoms with van der Waals surface area (Å²) in [4.78, 5) is 8.50. The fourth-order valence-corrected chi connectivity index (χ4v) is 2.54. The van der Waals surface area contributed by atoms with E-state index in [4.69, 9.17) is 0 Å². The van der Waals surface area contributed by atoms with Gasteiger partial charge in [0.05, 0.1) is 18.1 Å². The van der Waals surface area contributed by atoms with Crippen LogP contribution in [0.4, 0.5) is 0 Å². The lowest BCUT2D eigenvalue weighted by Gasteiger charge is -2.05. The highest BCUT2D eigenvalue weighted by atomic mass is 15.0. The van der Waals surface area contributed by atoms with E-state index in [0.717, 1.165) is 16.9 Å². The van der Waals surface area contributed by atoms with Crippen molar-refractivity contribution in [3.05, 3.63) is 79.4 Å². The van der Waals surface area contributed by atoms with Crippen molar-refractivity contribution in [1.82, 2.24) is 14.4 Å². The summed E-state index contributed by atoms with van der Waals surface area (Å²) in [5.41, 5.74) is 5.50. The Kier molecular flexibility index (Phi) is 2.75. The van der Waals surface area contributed by atoms with Crippen molar-refractivity contribution in [2.24, 2.45) is 0 Å². The van der Waals surface area contributed by atoms with Crippen molar-refractivity contribution >= 4 is 5.65 Å². The smallest absolute Gasteiger partial charge is 0.155 e. The second kappa shape index (κ2) is 4.87. The largest absolute Gasteiger partial charge is 0.297 e. The van der Waals surface area contributed by atoms with Crippen molar-refractivity contribution < 1.29 is 0 Å². The Bertz CT molecular complexity index is 894. The van der Waals surface area contributed by atoms with Crippen LogP contribution in [0.1, 0.15) is 0 Å². The molecule has 0 saturated heterocycles. The summed E-state index contributed by atoms with van der Waals surface area (Å²) >= 11 is 0. The van der Waals surface area contributed by atoms with Gasteiger partial charge in [-0.15, -0.1) is 0 Å². The summed E-state index contributed by atoms with van der Waals surface area (Å²) in [5, 5.41) is 0. The fourth-order valence-electron chi connectivity index (χ4n) is 2.54. The molecule has 0 aliphatic carbocycles. The molecule has 3 nitrogen and oxygen atoms in total. The monoisotopic (exact) mass is 271 g/mol. The van der Waals surface area contributed by atoms with Crippen molar-refractivity contribution in [1.29, 1.82) is 0 Å². The van der Waals surface area contributed by atoms with Gasteiger partial charge in [-0.1, -0.05) is 48.5 Å². The Labute approximate surface area is 122 Å². The normalized spacial score (nSPS) is 10.9. The molecule has 0 amide bonds. The van der Waals surface area contributed by atoms with E-state index in [9.17, 15) is 0 Å². The zero-order valence-electron chi connectivity index (χ0n) is 11.3. The number of fused-ring (bicyclic) bond motifs is 1. The highest BCUT2D eigenvalue weighted by Gasteiger charge is 2.06. The Morgan fingerprint density at radius 1 is 0.762 bits per heavy atom. The Morgan fingerprint density at radius 2 is 1.57 bits per heavy atom. The van der Waals surface area contributed by atoms with Crippen LogP contribution in [0.5, 0.6) is 0 Å². The molecule has 0 saturated carbocycles. The lowest BCUT2D eigenvalue weighted by Crippen LogP contribution is -1.89. The lowest BCUT2D eigenvalue weighted by molar-refractivity contribution is 1.13. The van der Waals surface area contributed by atoms with Crippen LogP contribution in [0.3, 0.4) is 0 Å². The van der Waals surface area contributed by atoms with E-state index < -0.39 is 0 Å². The quantitative estimate of drug-likeness (QED) is 0.550. The molecule has 0 spiro atoms. The summed E-state index contributed by atoms with van der Waals surface area (Å²) in [6, 6.07) is 18.9. The van der Waals surface area contributed by atoms with Gasteiger partial charge in [-0.05, 0) is 17.2 Å². The zero-order chi connectivity index (χ0) is 14.1. The van der Waals surface area contributed by atoms with E-state index in [0.29, 0.717) is 0 Å². The van der Waals surface area contributed by atoms with Crippen molar-refractivity contribution in [2.45, 2.75) is 0 Å². The minimum atomic E-state index is 0.859. The zero-order valence-corrected chi connectivity index (χ0v) is 11.3. The third kappa shape index (κ3) is 2.09. The van der Waals surface area contributed by atoms with E-state index in [1.165, 1.54) is 11.1 Å². The average molecular weight is 271 g/mol. The number of hydrogen-bond donors (Lipinski definition) is 0. The molecular formula is C18H13N3. The molecule has 2 aromatic carbocycles. The second-order valence-electron chi connectivity index (χ2n) is 4.89. The van der Waals surface area contributed by atoms with Crippen LogP contribution in [0.2, 0.25) is 0 Å². The van der Waals surface area contributed by atoms with Crippen LogP contribution in [-0.2, 0) is 0 Å². The minimum absolute atomic E-state index is 0.859. The molecule has 2 heterocycles. The number of benzene rings is 2. The van der Waals surface area contributed by atoms with Crippen LogP contribution in [-0.4, -0.2) is 14.4 Å². The molecule has 100 valence electrons. The molecule has 21 heavy (non-hydrogen) atoms. The molecule has 4 aromatic rings. The first kappa shape index (κ1) is 11.9. The van der Waals surface area contributed by atoms with Gasteiger partial charge in [-0.25, -0.2) is 4.98 Å². The predicted molar refractivity (Wildman–Crippen MR) is 83.9 cm³/mol. The highest BCUT2D eigenvalue weighted by molar-refractivity contribution is 5.72. The van der Waals surface area contributed by atoms with Gasteiger partial charge in [-0.2, -0.15) is 0 Å². The molecule has 0 unspecified atom stereocenters. The number of rotatable bonds is 2. The number of hydrogen-bond acceptors (Lipinski definition) is 2. The van der Waals surface area contributed by atoms with E-state index >= 15 is 0 Å². The Morgan fingerprint density at radius 3 is 2.48 bits per heavy atom. The maximum atomic E-state index is 4.40. The predicted octanol–water partition coefficient (Wildman–Crippen LogP) is 4.06. The third-order valence-electron chi connectivity index (χ3n) is 3.58. The van der Waals surface area contributed by atoms with Gasteiger partial charge in [0.2, 0.25) is 0 Å². The first-order chi connectivity index (χ1) is 10.4. The van der Waals surface area contributed by atoms with Crippen LogP contribution in [0.25, 0.3) is 28.0 Å². The lowest BCUT2D eigenvalue weighted by atomic mass is 10.0. The van der Waals surface area contributed by atoms with Gasteiger partial charge in [0, 0.05) is 18.0 Å². The maximum absolute atomic E-state index is 4.40. The number of aromatic nitrogens is 3. The van der Waals surface area contributed by atoms with Gasteiger partial charge in [0.25, 0.3) is 0 Å². The van der Waals surface area contributed by atoms with Gasteiger partial charge < -0.3 is 0 Å². The van der Waals surface area contributed by atoms with Crippen LogP contribution in [0.15, 0.2) is 79.4 Å². The van der Waals surface area contributed by atoms with Crippen molar-refractivity contribution in [3.8, 4) is 22.4 Å². The number of imidazole rings is 1. The van der Waals surface area contributed by atoms with Gasteiger partial charge in [0.15, 0.2) is 5.65 Å². The minimum Gasteiger partial charge on any atom is -0.297 e. The Balaban J connectivity index is 1.87. The van der Waals surface area contributed by atoms with Gasteiger partial charge >= 0.3 is 0 Å². The van der Waals surface area contributed by atoms with E-state index in [-0.39, 0.29) is 0 Å². The van der Waals surface area contributed by atoms with E-state index in [2.05, 4.69) is 62.9 Å². The van der Waals surface area contributed by atoms with Crippen LogP contribution in [0, 0.1) is 0 Å². The second-order valence-corrected chi connectivity index (χ2v) is 4.89. The van der Waals surface area contributed by atoms with Gasteiger partial charge in [0.1, 0.15) is 0 Å². The van der Waals surface area contributed by atoms with E-state index in [1.807, 2.05) is 18.5 Å². The summed E-state index contributed by atoms with van der Waals surface area (Å²) in [7, 11) is 0. The topological polar surface area (TPSA) is 30.2 Å². The van der Waals surface area contributed by atoms with Crippen LogP contribution >= 0.6 is 0 Å². The average Bonchev–Trinajstić information content (AvgIpc) is 3.00. The molecule has 3 heteroatoms. The molecule has 0 aliphatic heterocycles. The standard InChI is InChI=1S/C18H13N3/c1-2-5-14(6-3-1)15-7-4-8-16(11-15)17-12-20-18-13-19-9-10-21(17)18/h1-13H. The van der Waals surface area contributed by atoms with Crippen molar-refractivity contribution in [2.75, 3.05) is 0 Å².